The van der Waals surface area contributed by atoms with E-state index < -0.39 is 0 Å². The summed E-state index contributed by atoms with van der Waals surface area (Å²) in [5.74, 6) is 1.37. The van der Waals surface area contributed by atoms with Crippen LogP contribution in [0.1, 0.15) is 112 Å². The number of anilines is 2. The monoisotopic (exact) mass is 463 g/mol. The zero-order chi connectivity index (χ0) is 24.0. The highest BCUT2D eigenvalue weighted by Gasteiger charge is 2.37. The average molecular weight is 464 g/mol. The molecule has 0 N–H and O–H groups in total. The Morgan fingerprint density at radius 1 is 0.600 bits per heavy atom. The highest BCUT2D eigenvalue weighted by molar-refractivity contribution is 5.85. The van der Waals surface area contributed by atoms with Gasteiger partial charge in [-0.05, 0) is 89.1 Å². The molecule has 2 fully saturated rings. The smallest absolute Gasteiger partial charge is 0.0447 e. The van der Waals surface area contributed by atoms with Gasteiger partial charge in [-0.25, -0.2) is 0 Å². The molecule has 3 aromatic rings. The fourth-order valence-corrected chi connectivity index (χ4v) is 7.47. The Labute approximate surface area is 212 Å². The van der Waals surface area contributed by atoms with Crippen molar-refractivity contribution in [3.05, 3.63) is 82.9 Å². The largest absolute Gasteiger partial charge is 0.344 e. The van der Waals surface area contributed by atoms with E-state index in [0.717, 1.165) is 0 Å². The zero-order valence-corrected chi connectivity index (χ0v) is 21.9. The molecule has 3 aliphatic carbocycles. The average Bonchev–Trinajstić information content (AvgIpc) is 3.15. The predicted octanol–water partition coefficient (Wildman–Crippen LogP) is 9.86. The lowest BCUT2D eigenvalue weighted by Gasteiger charge is -2.33. The van der Waals surface area contributed by atoms with Gasteiger partial charge in [0.2, 0.25) is 0 Å². The minimum Gasteiger partial charge on any atom is -0.344 e. The molecule has 1 heteroatoms. The van der Waals surface area contributed by atoms with Gasteiger partial charge in [0, 0.05) is 23.8 Å². The van der Waals surface area contributed by atoms with E-state index in [1.807, 2.05) is 0 Å². The quantitative estimate of drug-likeness (QED) is 0.372. The number of nitrogens with zero attached hydrogens (tertiary/aromatic N) is 1. The van der Waals surface area contributed by atoms with Gasteiger partial charge >= 0.3 is 0 Å². The molecule has 0 radical (unpaired) electrons. The molecule has 0 saturated heterocycles. The third-order valence-electron chi connectivity index (χ3n) is 9.48. The van der Waals surface area contributed by atoms with E-state index in [4.69, 9.17) is 0 Å². The molecule has 1 nitrogen and oxygen atoms in total. The molecule has 3 aliphatic rings. The number of rotatable bonds is 4. The lowest BCUT2D eigenvalue weighted by atomic mass is 9.79. The Morgan fingerprint density at radius 2 is 1.20 bits per heavy atom. The summed E-state index contributed by atoms with van der Waals surface area (Å²) in [6.07, 6.45) is 13.6. The molecular formula is C34H41N. The summed E-state index contributed by atoms with van der Waals surface area (Å²) in [5.41, 5.74) is 11.9. The second-order valence-electron chi connectivity index (χ2n) is 11.9. The van der Waals surface area contributed by atoms with Crippen molar-refractivity contribution in [1.82, 2.24) is 0 Å². The number of benzene rings is 3. The van der Waals surface area contributed by atoms with E-state index in [9.17, 15) is 0 Å². The SMILES string of the molecule is CN(c1ccccc1C1CCCCC1)c1cc2c(cc1C1CCCCC1)-c1ccccc1C2(C)C. The third kappa shape index (κ3) is 3.92. The van der Waals surface area contributed by atoms with Gasteiger partial charge < -0.3 is 4.90 Å². The van der Waals surface area contributed by atoms with Gasteiger partial charge in [0.25, 0.3) is 0 Å². The highest BCUT2D eigenvalue weighted by atomic mass is 15.1. The lowest BCUT2D eigenvalue weighted by Crippen LogP contribution is -2.20. The molecule has 35 heavy (non-hydrogen) atoms. The molecule has 2 saturated carbocycles. The van der Waals surface area contributed by atoms with Crippen LogP contribution in [-0.2, 0) is 5.41 Å². The second kappa shape index (κ2) is 9.16. The molecule has 0 bridgehead atoms. The fraction of sp³-hybridized carbons (Fsp3) is 0.471. The fourth-order valence-electron chi connectivity index (χ4n) is 7.47. The molecule has 0 amide bonds. The number of hydrogen-bond acceptors (Lipinski definition) is 1. The predicted molar refractivity (Wildman–Crippen MR) is 150 cm³/mol. The van der Waals surface area contributed by atoms with Crippen molar-refractivity contribution < 1.29 is 0 Å². The van der Waals surface area contributed by atoms with Crippen molar-refractivity contribution in [3.63, 3.8) is 0 Å². The molecule has 0 spiro atoms. The maximum absolute atomic E-state index is 2.61. The Morgan fingerprint density at radius 3 is 1.91 bits per heavy atom. The van der Waals surface area contributed by atoms with Gasteiger partial charge in [-0.2, -0.15) is 0 Å². The van der Waals surface area contributed by atoms with Gasteiger partial charge in [-0.1, -0.05) is 94.8 Å². The van der Waals surface area contributed by atoms with Crippen LogP contribution in [0.15, 0.2) is 60.7 Å². The summed E-state index contributed by atoms with van der Waals surface area (Å²) in [6.45, 7) is 4.83. The molecule has 3 aromatic carbocycles. The second-order valence-corrected chi connectivity index (χ2v) is 11.9. The number of fused-ring (bicyclic) bond motifs is 3. The van der Waals surface area contributed by atoms with Gasteiger partial charge in [0.15, 0.2) is 0 Å². The first-order valence-electron chi connectivity index (χ1n) is 14.2. The molecule has 0 aromatic heterocycles. The normalized spacial score (nSPS) is 19.9. The number of hydrogen-bond donors (Lipinski definition) is 0. The van der Waals surface area contributed by atoms with Crippen LogP contribution in [0.25, 0.3) is 11.1 Å². The maximum atomic E-state index is 2.61. The van der Waals surface area contributed by atoms with E-state index >= 15 is 0 Å². The first-order valence-corrected chi connectivity index (χ1v) is 14.2. The minimum atomic E-state index is 0.0372. The van der Waals surface area contributed by atoms with Gasteiger partial charge in [0.05, 0.1) is 0 Å². The van der Waals surface area contributed by atoms with E-state index in [0.29, 0.717) is 11.8 Å². The lowest BCUT2D eigenvalue weighted by molar-refractivity contribution is 0.442. The van der Waals surface area contributed by atoms with E-state index in [1.54, 1.807) is 11.1 Å². The Balaban J connectivity index is 1.50. The topological polar surface area (TPSA) is 3.24 Å². The van der Waals surface area contributed by atoms with Crippen molar-refractivity contribution in [2.45, 2.75) is 95.3 Å². The summed E-state index contributed by atoms with van der Waals surface area (Å²) in [4.78, 5) is 2.56. The molecule has 0 aliphatic heterocycles. The van der Waals surface area contributed by atoms with Gasteiger partial charge in [-0.15, -0.1) is 0 Å². The summed E-state index contributed by atoms with van der Waals surface area (Å²) in [7, 11) is 2.34. The minimum absolute atomic E-state index is 0.0372. The van der Waals surface area contributed by atoms with Crippen LogP contribution in [0.5, 0.6) is 0 Å². The highest BCUT2D eigenvalue weighted by Crippen LogP contribution is 2.53. The van der Waals surface area contributed by atoms with Gasteiger partial charge in [0.1, 0.15) is 0 Å². The Kier molecular flexibility index (Phi) is 5.99. The summed E-state index contributed by atoms with van der Waals surface area (Å²) >= 11 is 0. The van der Waals surface area contributed by atoms with Crippen LogP contribution < -0.4 is 4.90 Å². The van der Waals surface area contributed by atoms with E-state index in [1.165, 1.54) is 97.8 Å². The van der Waals surface area contributed by atoms with Crippen LogP contribution in [0.3, 0.4) is 0 Å². The molecule has 0 atom stereocenters. The van der Waals surface area contributed by atoms with Crippen molar-refractivity contribution in [2.75, 3.05) is 11.9 Å². The van der Waals surface area contributed by atoms with Crippen LogP contribution in [0, 0.1) is 0 Å². The van der Waals surface area contributed by atoms with E-state index in [-0.39, 0.29) is 5.41 Å². The summed E-state index contributed by atoms with van der Waals surface area (Å²) in [6, 6.07) is 23.6. The standard InChI is InChI=1S/C34H41N/c1-34(2)30-20-12-10-19-27(30)29-22-28(25-16-8-5-9-17-25)33(23-31(29)34)35(3)32-21-13-11-18-26(32)24-14-6-4-7-15-24/h10-13,18-25H,4-9,14-17H2,1-3H3. The van der Waals surface area contributed by atoms with Crippen molar-refractivity contribution in [1.29, 1.82) is 0 Å². The molecule has 0 heterocycles. The van der Waals surface area contributed by atoms with Crippen molar-refractivity contribution in [2.24, 2.45) is 0 Å². The molecular weight excluding hydrogens is 422 g/mol. The zero-order valence-electron chi connectivity index (χ0n) is 21.9. The molecule has 0 unspecified atom stereocenters. The van der Waals surface area contributed by atoms with E-state index in [2.05, 4.69) is 86.5 Å². The van der Waals surface area contributed by atoms with Crippen molar-refractivity contribution >= 4 is 11.4 Å². The first kappa shape index (κ1) is 22.9. The van der Waals surface area contributed by atoms with Crippen LogP contribution in [0.2, 0.25) is 0 Å². The Bertz CT molecular complexity index is 1210. The maximum Gasteiger partial charge on any atom is 0.0447 e. The van der Waals surface area contributed by atoms with Crippen LogP contribution in [0.4, 0.5) is 11.4 Å². The Hall–Kier alpha value is -2.54. The summed E-state index contributed by atoms with van der Waals surface area (Å²) < 4.78 is 0. The van der Waals surface area contributed by atoms with Crippen molar-refractivity contribution in [3.8, 4) is 11.1 Å². The molecule has 182 valence electrons. The summed E-state index contributed by atoms with van der Waals surface area (Å²) in [5, 5.41) is 0. The number of para-hydroxylation sites is 1. The first-order chi connectivity index (χ1) is 17.1. The molecule has 6 rings (SSSR count). The third-order valence-corrected chi connectivity index (χ3v) is 9.48. The van der Waals surface area contributed by atoms with Gasteiger partial charge in [-0.3, -0.25) is 0 Å². The van der Waals surface area contributed by atoms with Crippen LogP contribution in [-0.4, -0.2) is 7.05 Å². The van der Waals surface area contributed by atoms with Crippen LogP contribution >= 0.6 is 0 Å².